The molecule has 21 heavy (non-hydrogen) atoms. The first kappa shape index (κ1) is 14.8. The van der Waals surface area contributed by atoms with E-state index in [0.29, 0.717) is 6.54 Å². The molecule has 3 nitrogen and oxygen atoms in total. The maximum absolute atomic E-state index is 12.2. The molecule has 112 valence electrons. The van der Waals surface area contributed by atoms with Crippen molar-refractivity contribution in [2.75, 3.05) is 20.2 Å². The first-order chi connectivity index (χ1) is 10.1. The maximum atomic E-state index is 12.2. The molecule has 0 amide bonds. The van der Waals surface area contributed by atoms with E-state index in [0.717, 1.165) is 13.0 Å². The highest BCUT2D eigenvalue weighted by atomic mass is 35.5. The number of likely N-dealkylation sites (tertiary alicyclic amines) is 1. The number of carbonyl (C=O) groups is 1. The van der Waals surface area contributed by atoms with Gasteiger partial charge in [-0.3, -0.25) is 9.69 Å². The van der Waals surface area contributed by atoms with E-state index in [1.807, 2.05) is 24.3 Å². The molecule has 5 heteroatoms. The van der Waals surface area contributed by atoms with Crippen LogP contribution in [0.3, 0.4) is 0 Å². The number of thiophene rings is 1. The first-order valence-corrected chi connectivity index (χ1v) is 8.29. The molecule has 0 aromatic carbocycles. The Balaban J connectivity index is 1.79. The van der Waals surface area contributed by atoms with Crippen LogP contribution in [-0.2, 0) is 16.0 Å². The fourth-order valence-electron chi connectivity index (χ4n) is 3.18. The van der Waals surface area contributed by atoms with Gasteiger partial charge in [-0.2, -0.15) is 0 Å². The summed E-state index contributed by atoms with van der Waals surface area (Å²) < 4.78 is 5.00. The summed E-state index contributed by atoms with van der Waals surface area (Å²) >= 11 is 8.48. The smallest absolute Gasteiger partial charge is 0.323 e. The molecule has 1 aliphatic carbocycles. The summed E-state index contributed by atoms with van der Waals surface area (Å²) in [6.45, 7) is 1.48. The quantitative estimate of drug-likeness (QED) is 0.630. The van der Waals surface area contributed by atoms with Gasteiger partial charge in [0.2, 0.25) is 0 Å². The number of nitrogens with zero attached hydrogens (tertiary/aromatic N) is 1. The van der Waals surface area contributed by atoms with E-state index < -0.39 is 4.87 Å². The van der Waals surface area contributed by atoms with E-state index in [4.69, 9.17) is 16.3 Å². The van der Waals surface area contributed by atoms with Crippen LogP contribution in [0, 0.1) is 5.92 Å². The molecule has 0 saturated carbocycles. The highest BCUT2D eigenvalue weighted by molar-refractivity contribution is 7.09. The average Bonchev–Trinajstić information content (AvgIpc) is 3.08. The van der Waals surface area contributed by atoms with Crippen molar-refractivity contribution in [1.29, 1.82) is 0 Å². The molecule has 2 unspecified atom stereocenters. The van der Waals surface area contributed by atoms with E-state index >= 15 is 0 Å². The molecule has 1 aromatic rings. The van der Waals surface area contributed by atoms with E-state index in [1.54, 1.807) is 11.3 Å². The summed E-state index contributed by atoms with van der Waals surface area (Å²) in [5, 5.41) is 2.07. The maximum Gasteiger partial charge on any atom is 0.323 e. The number of fused-ring (bicyclic) bond motifs is 1. The predicted octanol–water partition coefficient (Wildman–Crippen LogP) is 2.87. The monoisotopic (exact) mass is 323 g/mol. The Hall–Kier alpha value is -1.10. The van der Waals surface area contributed by atoms with Crippen LogP contribution in [0.25, 0.3) is 0 Å². The molecule has 0 spiro atoms. The summed E-state index contributed by atoms with van der Waals surface area (Å²) in [4.78, 5) is 15.2. The van der Waals surface area contributed by atoms with Gasteiger partial charge in [-0.15, -0.1) is 22.9 Å². The van der Waals surface area contributed by atoms with Crippen LogP contribution in [0.5, 0.6) is 0 Å². The van der Waals surface area contributed by atoms with Gasteiger partial charge in [0, 0.05) is 23.9 Å². The standard InChI is InChI=1S/C16H18ClNO2S/c1-20-15(19)14-13-6-2-3-8-16(13,17)11-18(14)9-7-12-5-4-10-21-12/h2-6,8,10,13-14H,7,9,11H2,1H3/t13?,14-,16?/m0/s1. The number of carbonyl (C=O) groups excluding carboxylic acids is 1. The lowest BCUT2D eigenvalue weighted by Gasteiger charge is -2.26. The zero-order valence-corrected chi connectivity index (χ0v) is 13.4. The molecule has 1 aromatic heterocycles. The lowest BCUT2D eigenvalue weighted by atomic mass is 9.86. The van der Waals surface area contributed by atoms with Gasteiger partial charge >= 0.3 is 5.97 Å². The van der Waals surface area contributed by atoms with Gasteiger partial charge in [0.1, 0.15) is 6.04 Å². The minimum Gasteiger partial charge on any atom is -0.468 e. The minimum absolute atomic E-state index is 0.0278. The van der Waals surface area contributed by atoms with Gasteiger partial charge in [-0.05, 0) is 17.9 Å². The molecule has 1 aliphatic heterocycles. The Labute approximate surface area is 133 Å². The predicted molar refractivity (Wildman–Crippen MR) is 85.8 cm³/mol. The molecule has 0 bridgehead atoms. The highest BCUT2D eigenvalue weighted by Crippen LogP contribution is 2.42. The van der Waals surface area contributed by atoms with Gasteiger partial charge in [-0.1, -0.05) is 30.4 Å². The molecule has 2 aliphatic rings. The molecule has 3 rings (SSSR count). The molecule has 1 fully saturated rings. The lowest BCUT2D eigenvalue weighted by Crippen LogP contribution is -2.41. The van der Waals surface area contributed by atoms with Crippen LogP contribution in [-0.4, -0.2) is 42.0 Å². The third kappa shape index (κ3) is 2.80. The van der Waals surface area contributed by atoms with E-state index in [1.165, 1.54) is 12.0 Å². The summed E-state index contributed by atoms with van der Waals surface area (Å²) in [6, 6.07) is 3.88. The number of hydrogen-bond acceptors (Lipinski definition) is 4. The second-order valence-electron chi connectivity index (χ2n) is 5.46. The average molecular weight is 324 g/mol. The van der Waals surface area contributed by atoms with Crippen LogP contribution in [0.2, 0.25) is 0 Å². The first-order valence-electron chi connectivity index (χ1n) is 7.03. The molecule has 0 N–H and O–H groups in total. The SMILES string of the molecule is COC(=O)[C@@H]1C2C=CC=CC2(Cl)CN1CCc1cccs1. The van der Waals surface area contributed by atoms with Crippen molar-refractivity contribution in [2.45, 2.75) is 17.3 Å². The molecule has 2 heterocycles. The van der Waals surface area contributed by atoms with Crippen LogP contribution in [0.4, 0.5) is 0 Å². The number of ether oxygens (including phenoxy) is 1. The molecule has 0 radical (unpaired) electrons. The summed E-state index contributed by atoms with van der Waals surface area (Å²) in [5.41, 5.74) is 0. The van der Waals surface area contributed by atoms with Crippen LogP contribution in [0.1, 0.15) is 4.88 Å². The second kappa shape index (κ2) is 5.95. The number of esters is 1. The van der Waals surface area contributed by atoms with Crippen molar-refractivity contribution in [3.63, 3.8) is 0 Å². The summed E-state index contributed by atoms with van der Waals surface area (Å²) in [6.07, 6.45) is 8.88. The van der Waals surface area contributed by atoms with Crippen molar-refractivity contribution in [3.05, 3.63) is 46.7 Å². The number of methoxy groups -OCH3 is 1. The highest BCUT2D eigenvalue weighted by Gasteiger charge is 2.52. The largest absolute Gasteiger partial charge is 0.468 e. The van der Waals surface area contributed by atoms with Crippen molar-refractivity contribution in [3.8, 4) is 0 Å². The number of alkyl halides is 1. The Morgan fingerprint density at radius 2 is 2.43 bits per heavy atom. The second-order valence-corrected chi connectivity index (χ2v) is 7.20. The number of hydrogen-bond donors (Lipinski definition) is 0. The molecular formula is C16H18ClNO2S. The van der Waals surface area contributed by atoms with Gasteiger partial charge in [-0.25, -0.2) is 0 Å². The van der Waals surface area contributed by atoms with E-state index in [9.17, 15) is 4.79 Å². The van der Waals surface area contributed by atoms with Gasteiger partial charge in [0.25, 0.3) is 0 Å². The Morgan fingerprint density at radius 1 is 1.57 bits per heavy atom. The normalized spacial score (nSPS) is 31.3. The van der Waals surface area contributed by atoms with Crippen molar-refractivity contribution in [1.82, 2.24) is 4.90 Å². The fourth-order valence-corrected chi connectivity index (χ4v) is 4.29. The van der Waals surface area contributed by atoms with Crippen molar-refractivity contribution < 1.29 is 9.53 Å². The van der Waals surface area contributed by atoms with E-state index in [2.05, 4.69) is 22.4 Å². The van der Waals surface area contributed by atoms with Gasteiger partial charge in [0.05, 0.1) is 12.0 Å². The number of halogens is 1. The van der Waals surface area contributed by atoms with Gasteiger partial charge in [0.15, 0.2) is 0 Å². The molecule has 3 atom stereocenters. The van der Waals surface area contributed by atoms with Crippen LogP contribution in [0.15, 0.2) is 41.8 Å². The van der Waals surface area contributed by atoms with Crippen LogP contribution >= 0.6 is 22.9 Å². The summed E-state index contributed by atoms with van der Waals surface area (Å²) in [5.74, 6) is -0.228. The number of rotatable bonds is 4. The van der Waals surface area contributed by atoms with Crippen molar-refractivity contribution in [2.24, 2.45) is 5.92 Å². The van der Waals surface area contributed by atoms with Gasteiger partial charge < -0.3 is 4.74 Å². The Bertz CT molecular complexity index is 569. The zero-order valence-electron chi connectivity index (χ0n) is 11.9. The van der Waals surface area contributed by atoms with Crippen molar-refractivity contribution >= 4 is 28.9 Å². The Morgan fingerprint density at radius 3 is 3.14 bits per heavy atom. The minimum atomic E-state index is -0.497. The third-order valence-corrected chi connectivity index (χ3v) is 5.64. The van der Waals surface area contributed by atoms with Crippen LogP contribution < -0.4 is 0 Å². The molecular weight excluding hydrogens is 306 g/mol. The molecule has 1 saturated heterocycles. The fraction of sp³-hybridized carbons (Fsp3) is 0.438. The topological polar surface area (TPSA) is 29.5 Å². The summed E-state index contributed by atoms with van der Waals surface area (Å²) in [7, 11) is 1.44. The Kier molecular flexibility index (Phi) is 4.20. The van der Waals surface area contributed by atoms with E-state index in [-0.39, 0.29) is 17.9 Å². The number of allylic oxidation sites excluding steroid dienone is 2. The zero-order chi connectivity index (χ0) is 14.9. The lowest BCUT2D eigenvalue weighted by molar-refractivity contribution is -0.146. The third-order valence-electron chi connectivity index (χ3n) is 4.20.